The maximum atomic E-state index is 14.5. The molecule has 32 heavy (non-hydrogen) atoms. The lowest BCUT2D eigenvalue weighted by Gasteiger charge is -2.10. The molecule has 0 fully saturated rings. The van der Waals surface area contributed by atoms with Crippen LogP contribution in [0.3, 0.4) is 0 Å². The molecular formula is C24H18FN5OS. The molecule has 2 aromatic heterocycles. The van der Waals surface area contributed by atoms with Gasteiger partial charge in [-0.15, -0.1) is 20.4 Å². The first-order valence-corrected chi connectivity index (χ1v) is 11.0. The summed E-state index contributed by atoms with van der Waals surface area (Å²) < 4.78 is 22.2. The summed E-state index contributed by atoms with van der Waals surface area (Å²) in [5, 5.41) is 17.5. The minimum atomic E-state index is -0.338. The number of halogens is 1. The van der Waals surface area contributed by atoms with Crippen LogP contribution in [-0.2, 0) is 12.3 Å². The van der Waals surface area contributed by atoms with E-state index in [0.29, 0.717) is 40.6 Å². The summed E-state index contributed by atoms with van der Waals surface area (Å²) in [6, 6.07) is 26.1. The summed E-state index contributed by atoms with van der Waals surface area (Å²) in [5.74, 6) is 1.51. The van der Waals surface area contributed by atoms with Crippen LogP contribution >= 0.6 is 11.8 Å². The van der Waals surface area contributed by atoms with Crippen molar-refractivity contribution >= 4 is 11.8 Å². The quantitative estimate of drug-likeness (QED) is 0.311. The number of benzene rings is 3. The van der Waals surface area contributed by atoms with Gasteiger partial charge in [-0.3, -0.25) is 4.57 Å². The Bertz CT molecular complexity index is 1320. The van der Waals surface area contributed by atoms with Crippen molar-refractivity contribution in [2.75, 3.05) is 0 Å². The second kappa shape index (κ2) is 9.15. The van der Waals surface area contributed by atoms with E-state index in [9.17, 15) is 4.39 Å². The average molecular weight is 444 g/mol. The van der Waals surface area contributed by atoms with Crippen LogP contribution in [0.5, 0.6) is 0 Å². The molecule has 8 heteroatoms. The summed E-state index contributed by atoms with van der Waals surface area (Å²) in [7, 11) is 0. The Balaban J connectivity index is 1.42. The van der Waals surface area contributed by atoms with Gasteiger partial charge in [0.15, 0.2) is 11.0 Å². The zero-order valence-electron chi connectivity index (χ0n) is 16.9. The molecular weight excluding hydrogens is 425 g/mol. The first kappa shape index (κ1) is 20.1. The topological polar surface area (TPSA) is 69.6 Å². The third-order valence-electron chi connectivity index (χ3n) is 4.83. The Morgan fingerprint density at radius 2 is 1.50 bits per heavy atom. The number of aromatic nitrogens is 5. The molecule has 0 spiro atoms. The molecule has 0 N–H and O–H groups in total. The van der Waals surface area contributed by atoms with E-state index in [0.717, 1.165) is 11.1 Å². The van der Waals surface area contributed by atoms with Crippen LogP contribution in [0.25, 0.3) is 22.8 Å². The number of hydrogen-bond acceptors (Lipinski definition) is 6. The highest BCUT2D eigenvalue weighted by Crippen LogP contribution is 2.29. The van der Waals surface area contributed by atoms with Crippen LogP contribution in [0.1, 0.15) is 11.5 Å². The van der Waals surface area contributed by atoms with Crippen LogP contribution in [0.2, 0.25) is 0 Å². The molecule has 0 radical (unpaired) electrons. The van der Waals surface area contributed by atoms with Gasteiger partial charge in [0.25, 0.3) is 0 Å². The first-order valence-electron chi connectivity index (χ1n) is 10.0. The Hall–Kier alpha value is -3.78. The second-order valence-corrected chi connectivity index (χ2v) is 7.96. The molecule has 0 aliphatic carbocycles. The van der Waals surface area contributed by atoms with Gasteiger partial charge in [0, 0.05) is 5.56 Å². The molecule has 3 aromatic carbocycles. The zero-order chi connectivity index (χ0) is 21.8. The number of thioether (sulfide) groups is 1. The maximum Gasteiger partial charge on any atom is 0.247 e. The van der Waals surface area contributed by atoms with Crippen molar-refractivity contribution in [2.45, 2.75) is 17.5 Å². The van der Waals surface area contributed by atoms with Crippen molar-refractivity contribution in [3.05, 3.63) is 102 Å². The van der Waals surface area contributed by atoms with E-state index in [1.807, 2.05) is 65.2 Å². The molecule has 0 saturated heterocycles. The zero-order valence-corrected chi connectivity index (χ0v) is 17.7. The summed E-state index contributed by atoms with van der Waals surface area (Å²) in [6.07, 6.45) is 0. The fraction of sp³-hybridized carbons (Fsp3) is 0.0833. The van der Waals surface area contributed by atoms with E-state index >= 15 is 0 Å². The van der Waals surface area contributed by atoms with Gasteiger partial charge in [0.1, 0.15) is 5.82 Å². The highest BCUT2D eigenvalue weighted by atomic mass is 32.2. The van der Waals surface area contributed by atoms with Gasteiger partial charge in [0.05, 0.1) is 17.9 Å². The van der Waals surface area contributed by atoms with E-state index in [1.54, 1.807) is 18.2 Å². The molecule has 0 aliphatic heterocycles. The van der Waals surface area contributed by atoms with Crippen LogP contribution in [0, 0.1) is 5.82 Å². The van der Waals surface area contributed by atoms with Crippen molar-refractivity contribution in [3.63, 3.8) is 0 Å². The standard InChI is InChI=1S/C24H18FN5OS/c25-20-14-8-7-13-19(20)22-27-29-24(30(22)15-17-9-3-1-4-10-17)32-16-21-26-28-23(31-21)18-11-5-2-6-12-18/h1-14H,15-16H2. The summed E-state index contributed by atoms with van der Waals surface area (Å²) in [6.45, 7) is 0.513. The van der Waals surface area contributed by atoms with Crippen molar-refractivity contribution in [3.8, 4) is 22.8 Å². The van der Waals surface area contributed by atoms with Crippen molar-refractivity contribution in [1.29, 1.82) is 0 Å². The molecule has 0 atom stereocenters. The second-order valence-electron chi connectivity index (χ2n) is 7.01. The fourth-order valence-corrected chi connectivity index (χ4v) is 4.06. The minimum absolute atomic E-state index is 0.338. The molecule has 158 valence electrons. The van der Waals surface area contributed by atoms with Crippen molar-refractivity contribution in [1.82, 2.24) is 25.0 Å². The van der Waals surface area contributed by atoms with Crippen molar-refractivity contribution in [2.24, 2.45) is 0 Å². The SMILES string of the molecule is Fc1ccccc1-c1nnc(SCc2nnc(-c3ccccc3)o2)n1Cc1ccccc1. The molecule has 0 amide bonds. The predicted molar refractivity (Wildman–Crippen MR) is 120 cm³/mol. The highest BCUT2D eigenvalue weighted by molar-refractivity contribution is 7.98. The van der Waals surface area contributed by atoms with E-state index in [2.05, 4.69) is 20.4 Å². The van der Waals surface area contributed by atoms with Crippen molar-refractivity contribution < 1.29 is 8.81 Å². The normalized spacial score (nSPS) is 11.0. The molecule has 0 bridgehead atoms. The van der Waals surface area contributed by atoms with E-state index in [1.165, 1.54) is 17.8 Å². The van der Waals surface area contributed by atoms with Gasteiger partial charge in [-0.1, -0.05) is 72.4 Å². The number of nitrogens with zero attached hydrogens (tertiary/aromatic N) is 5. The molecule has 2 heterocycles. The lowest BCUT2D eigenvalue weighted by molar-refractivity contribution is 0.528. The van der Waals surface area contributed by atoms with E-state index < -0.39 is 0 Å². The Kier molecular flexibility index (Phi) is 5.76. The smallest absolute Gasteiger partial charge is 0.247 e. The number of rotatable bonds is 7. The minimum Gasteiger partial charge on any atom is -0.420 e. The van der Waals surface area contributed by atoms with Crippen LogP contribution in [0.15, 0.2) is 94.5 Å². The van der Waals surface area contributed by atoms with E-state index in [-0.39, 0.29) is 5.82 Å². The fourth-order valence-electron chi connectivity index (χ4n) is 3.28. The average Bonchev–Trinajstić information content (AvgIpc) is 3.47. The molecule has 5 aromatic rings. The van der Waals surface area contributed by atoms with Crippen LogP contribution in [0.4, 0.5) is 4.39 Å². The predicted octanol–water partition coefficient (Wildman–Crippen LogP) is 5.47. The van der Waals surface area contributed by atoms with Crippen LogP contribution in [-0.4, -0.2) is 25.0 Å². The lowest BCUT2D eigenvalue weighted by atomic mass is 10.2. The third-order valence-corrected chi connectivity index (χ3v) is 5.78. The maximum absolute atomic E-state index is 14.5. The first-order chi connectivity index (χ1) is 15.8. The Morgan fingerprint density at radius 3 is 2.28 bits per heavy atom. The molecule has 0 saturated carbocycles. The van der Waals surface area contributed by atoms with Gasteiger partial charge in [-0.25, -0.2) is 4.39 Å². The Labute approximate surface area is 188 Å². The molecule has 0 aliphatic rings. The Morgan fingerprint density at radius 1 is 0.781 bits per heavy atom. The monoisotopic (exact) mass is 443 g/mol. The summed E-state index contributed by atoms with van der Waals surface area (Å²) >= 11 is 1.42. The summed E-state index contributed by atoms with van der Waals surface area (Å²) in [4.78, 5) is 0. The van der Waals surface area contributed by atoms with Gasteiger partial charge >= 0.3 is 0 Å². The van der Waals surface area contributed by atoms with Gasteiger partial charge < -0.3 is 4.42 Å². The highest BCUT2D eigenvalue weighted by Gasteiger charge is 2.18. The van der Waals surface area contributed by atoms with Gasteiger partial charge in [-0.2, -0.15) is 0 Å². The molecule has 6 nitrogen and oxygen atoms in total. The largest absolute Gasteiger partial charge is 0.420 e. The summed E-state index contributed by atoms with van der Waals surface area (Å²) in [5.41, 5.74) is 2.34. The van der Waals surface area contributed by atoms with Gasteiger partial charge in [0.2, 0.25) is 11.8 Å². The van der Waals surface area contributed by atoms with Crippen LogP contribution < -0.4 is 0 Å². The lowest BCUT2D eigenvalue weighted by Crippen LogP contribution is -2.05. The van der Waals surface area contributed by atoms with Gasteiger partial charge in [-0.05, 0) is 29.8 Å². The third kappa shape index (κ3) is 4.31. The molecule has 5 rings (SSSR count). The number of hydrogen-bond donors (Lipinski definition) is 0. The van der Waals surface area contributed by atoms with E-state index in [4.69, 9.17) is 4.42 Å². The molecule has 0 unspecified atom stereocenters.